The Morgan fingerprint density at radius 1 is 1.41 bits per heavy atom. The molecule has 1 aliphatic heterocycles. The fraction of sp³-hybridized carbons (Fsp3) is 0.400. The van der Waals surface area contributed by atoms with E-state index in [1.165, 1.54) is 6.20 Å². The molecule has 0 saturated carbocycles. The molecule has 0 radical (unpaired) electrons. The van der Waals surface area contributed by atoms with Gasteiger partial charge < -0.3 is 5.32 Å². The van der Waals surface area contributed by atoms with Crippen molar-refractivity contribution in [1.82, 2.24) is 14.8 Å². The molecule has 90 valence electrons. The second kappa shape index (κ2) is 3.35. The van der Waals surface area contributed by atoms with Gasteiger partial charge in [0.2, 0.25) is 0 Å². The van der Waals surface area contributed by atoms with E-state index in [-0.39, 0.29) is 6.42 Å². The number of nitrogens with zero attached hydrogens (tertiary/aromatic N) is 3. The van der Waals surface area contributed by atoms with Gasteiger partial charge in [0.05, 0.1) is 5.39 Å². The van der Waals surface area contributed by atoms with E-state index >= 15 is 0 Å². The van der Waals surface area contributed by atoms with Gasteiger partial charge in [-0.1, -0.05) is 0 Å². The molecule has 1 aliphatic rings. The summed E-state index contributed by atoms with van der Waals surface area (Å²) in [6.45, 7) is 0.292. The first kappa shape index (κ1) is 10.4. The molecule has 1 unspecified atom stereocenters. The van der Waals surface area contributed by atoms with Crippen molar-refractivity contribution in [2.45, 2.75) is 18.6 Å². The van der Waals surface area contributed by atoms with Gasteiger partial charge in [0.1, 0.15) is 5.82 Å². The predicted molar refractivity (Wildman–Crippen MR) is 55.7 cm³/mol. The Balaban J connectivity index is 2.21. The first-order valence-corrected chi connectivity index (χ1v) is 5.21. The number of rotatable bonds is 0. The molecule has 3 heterocycles. The zero-order valence-corrected chi connectivity index (χ0v) is 8.70. The Kier molecular flexibility index (Phi) is 2.04. The van der Waals surface area contributed by atoms with Gasteiger partial charge in [0, 0.05) is 12.7 Å². The third-order valence-electron chi connectivity index (χ3n) is 2.86. The summed E-state index contributed by atoms with van der Waals surface area (Å²) in [5.74, 6) is 0.404. The zero-order valence-electron chi connectivity index (χ0n) is 8.70. The highest BCUT2D eigenvalue weighted by atomic mass is 19.4. The number of halogens is 3. The van der Waals surface area contributed by atoms with Crippen LogP contribution in [0.4, 0.5) is 19.0 Å². The number of pyridine rings is 1. The van der Waals surface area contributed by atoms with Crippen LogP contribution in [-0.4, -0.2) is 27.5 Å². The van der Waals surface area contributed by atoms with Crippen molar-refractivity contribution >= 4 is 16.9 Å². The molecule has 7 heteroatoms. The number of alkyl halides is 3. The lowest BCUT2D eigenvalue weighted by Crippen LogP contribution is -2.33. The van der Waals surface area contributed by atoms with E-state index in [1.54, 1.807) is 12.1 Å². The van der Waals surface area contributed by atoms with Gasteiger partial charge in [0.15, 0.2) is 11.7 Å². The van der Waals surface area contributed by atoms with Crippen LogP contribution in [0.15, 0.2) is 18.3 Å². The molecular weight excluding hydrogens is 233 g/mol. The Bertz CT molecular complexity index is 560. The number of hydrogen-bond donors (Lipinski definition) is 1. The van der Waals surface area contributed by atoms with Crippen molar-refractivity contribution in [3.05, 3.63) is 18.3 Å². The van der Waals surface area contributed by atoms with Crippen LogP contribution in [0.5, 0.6) is 0 Å². The van der Waals surface area contributed by atoms with E-state index in [0.717, 1.165) is 4.68 Å². The molecule has 0 bridgehead atoms. The average Bonchev–Trinajstić information content (AvgIpc) is 2.65. The van der Waals surface area contributed by atoms with Crippen molar-refractivity contribution in [1.29, 1.82) is 0 Å². The van der Waals surface area contributed by atoms with Crippen molar-refractivity contribution in [2.24, 2.45) is 0 Å². The van der Waals surface area contributed by atoms with Gasteiger partial charge in [-0.3, -0.25) is 0 Å². The summed E-state index contributed by atoms with van der Waals surface area (Å²) < 4.78 is 39.5. The summed E-state index contributed by atoms with van der Waals surface area (Å²) in [6, 6.07) is 1.84. The van der Waals surface area contributed by atoms with Crippen LogP contribution in [0.1, 0.15) is 12.5 Å². The summed E-state index contributed by atoms with van der Waals surface area (Å²) in [5.41, 5.74) is 0.339. The Labute approximate surface area is 94.4 Å². The molecule has 0 aromatic carbocycles. The average molecular weight is 242 g/mol. The fourth-order valence-electron chi connectivity index (χ4n) is 2.09. The van der Waals surface area contributed by atoms with Gasteiger partial charge in [-0.2, -0.15) is 13.2 Å². The van der Waals surface area contributed by atoms with Gasteiger partial charge in [0.25, 0.3) is 0 Å². The van der Waals surface area contributed by atoms with Crippen LogP contribution in [0.3, 0.4) is 0 Å². The smallest absolute Gasteiger partial charge is 0.370 e. The molecule has 2 aromatic heterocycles. The molecule has 0 fully saturated rings. The summed E-state index contributed by atoms with van der Waals surface area (Å²) in [5, 5.41) is 7.50. The second-order valence-electron chi connectivity index (χ2n) is 3.94. The molecule has 2 aromatic rings. The van der Waals surface area contributed by atoms with Crippen LogP contribution in [0.25, 0.3) is 11.0 Å². The van der Waals surface area contributed by atoms with Gasteiger partial charge in [-0.25, -0.2) is 9.67 Å². The first-order valence-electron chi connectivity index (χ1n) is 5.21. The maximum absolute atomic E-state index is 12.8. The number of anilines is 1. The first-order chi connectivity index (χ1) is 8.07. The lowest BCUT2D eigenvalue weighted by molar-refractivity contribution is -0.171. The standard InChI is InChI=1S/C10H9F3N4/c11-10(12,13)7-3-5-15-9-6-2-1-4-14-8(6)16-17(7)9/h1-2,4,7,15H,3,5H2. The molecule has 3 rings (SSSR count). The van der Waals surface area contributed by atoms with Crippen molar-refractivity contribution in [2.75, 3.05) is 11.9 Å². The highest BCUT2D eigenvalue weighted by molar-refractivity contribution is 5.87. The molecule has 17 heavy (non-hydrogen) atoms. The monoisotopic (exact) mass is 242 g/mol. The molecular formula is C10H9F3N4. The minimum Gasteiger partial charge on any atom is -0.370 e. The Hall–Kier alpha value is -1.79. The Morgan fingerprint density at radius 3 is 3.00 bits per heavy atom. The molecule has 0 amide bonds. The highest BCUT2D eigenvalue weighted by Gasteiger charge is 2.44. The van der Waals surface area contributed by atoms with E-state index in [2.05, 4.69) is 15.4 Å². The minimum absolute atomic E-state index is 0.00944. The second-order valence-corrected chi connectivity index (χ2v) is 3.94. The zero-order chi connectivity index (χ0) is 12.0. The lowest BCUT2D eigenvalue weighted by atomic mass is 10.1. The third-order valence-corrected chi connectivity index (χ3v) is 2.86. The van der Waals surface area contributed by atoms with Crippen molar-refractivity contribution < 1.29 is 13.2 Å². The maximum atomic E-state index is 12.8. The summed E-state index contributed by atoms with van der Waals surface area (Å²) in [4.78, 5) is 3.96. The van der Waals surface area contributed by atoms with Crippen LogP contribution in [0.2, 0.25) is 0 Å². The Morgan fingerprint density at radius 2 is 2.24 bits per heavy atom. The topological polar surface area (TPSA) is 42.7 Å². The number of aromatic nitrogens is 3. The summed E-state index contributed by atoms with van der Waals surface area (Å²) in [7, 11) is 0. The van der Waals surface area contributed by atoms with Crippen LogP contribution >= 0.6 is 0 Å². The fourth-order valence-corrected chi connectivity index (χ4v) is 2.09. The molecule has 0 spiro atoms. The number of hydrogen-bond acceptors (Lipinski definition) is 3. The van der Waals surface area contributed by atoms with E-state index < -0.39 is 12.2 Å². The highest BCUT2D eigenvalue weighted by Crippen LogP contribution is 2.39. The van der Waals surface area contributed by atoms with Crippen LogP contribution in [0, 0.1) is 0 Å². The summed E-state index contributed by atoms with van der Waals surface area (Å²) in [6.07, 6.45) is -2.77. The number of fused-ring (bicyclic) bond motifs is 3. The largest absolute Gasteiger partial charge is 0.410 e. The molecule has 4 nitrogen and oxygen atoms in total. The van der Waals surface area contributed by atoms with E-state index in [0.29, 0.717) is 23.4 Å². The predicted octanol–water partition coefficient (Wildman–Crippen LogP) is 2.35. The van der Waals surface area contributed by atoms with E-state index in [9.17, 15) is 13.2 Å². The van der Waals surface area contributed by atoms with Gasteiger partial charge in [-0.15, -0.1) is 5.10 Å². The normalized spacial score (nSPS) is 20.1. The number of nitrogens with one attached hydrogen (secondary N) is 1. The lowest BCUT2D eigenvalue weighted by Gasteiger charge is -2.27. The molecule has 0 saturated heterocycles. The minimum atomic E-state index is -4.28. The molecule has 0 aliphatic carbocycles. The van der Waals surface area contributed by atoms with Crippen LogP contribution in [-0.2, 0) is 0 Å². The molecule has 1 atom stereocenters. The maximum Gasteiger partial charge on any atom is 0.410 e. The van der Waals surface area contributed by atoms with Gasteiger partial charge >= 0.3 is 6.18 Å². The van der Waals surface area contributed by atoms with E-state index in [1.807, 2.05) is 0 Å². The molecule has 1 N–H and O–H groups in total. The van der Waals surface area contributed by atoms with Gasteiger partial charge in [-0.05, 0) is 18.6 Å². The van der Waals surface area contributed by atoms with Crippen molar-refractivity contribution in [3.63, 3.8) is 0 Å². The SMILES string of the molecule is FC(F)(F)C1CCNc2c3cccnc3nn21. The quantitative estimate of drug-likeness (QED) is 0.771. The third kappa shape index (κ3) is 1.53. The van der Waals surface area contributed by atoms with Crippen molar-refractivity contribution in [3.8, 4) is 0 Å². The summed E-state index contributed by atoms with van der Waals surface area (Å²) >= 11 is 0. The van der Waals surface area contributed by atoms with E-state index in [4.69, 9.17) is 0 Å². The van der Waals surface area contributed by atoms with Crippen LogP contribution < -0.4 is 5.32 Å².